The molecule has 0 saturated heterocycles. The van der Waals surface area contributed by atoms with Gasteiger partial charge in [0.05, 0.1) is 5.56 Å². The number of aromatic amines is 1. The number of carbonyl (C=O) groups is 2. The zero-order valence-corrected chi connectivity index (χ0v) is 18.4. The molecule has 0 spiro atoms. The van der Waals surface area contributed by atoms with Crippen molar-refractivity contribution in [3.05, 3.63) is 71.3 Å². The number of Topliss-reactive ketones (excluding diaryl/α,β-unsaturated/α-hetero) is 1. The molecule has 0 amide bonds. The molecule has 2 atom stereocenters. The number of hydrogen-bond acceptors (Lipinski definition) is 4. The van der Waals surface area contributed by atoms with Gasteiger partial charge in [-0.25, -0.2) is 9.78 Å². The minimum atomic E-state index is -0.942. The first kappa shape index (κ1) is 21.9. The fraction of sp³-hybridized carbons (Fsp3) is 0.385. The van der Waals surface area contributed by atoms with Crippen molar-refractivity contribution in [2.45, 2.75) is 51.9 Å². The van der Waals surface area contributed by atoms with Gasteiger partial charge >= 0.3 is 5.97 Å². The number of ketones is 1. The standard InChI is InChI=1S/C26H29N3O3/c1-2-6-17-7-5-8-20(15-17)24(30)25-27-23(28-29-25)16-18-11-13-19(14-12-18)21-9-3-4-10-22(21)26(31)32/h3-4,9-14,17,20H,2,5-8,15-16H2,1H3,(H,31,32)(H,27,28,29). The first-order chi connectivity index (χ1) is 15.5. The molecule has 2 N–H and O–H groups in total. The summed E-state index contributed by atoms with van der Waals surface area (Å²) in [5, 5.41) is 16.5. The van der Waals surface area contributed by atoms with Crippen LogP contribution in [0.1, 0.15) is 77.8 Å². The molecule has 1 aromatic heterocycles. The number of H-pyrrole nitrogens is 1. The van der Waals surface area contributed by atoms with Crippen LogP contribution in [0.15, 0.2) is 48.5 Å². The van der Waals surface area contributed by atoms with Crippen molar-refractivity contribution in [2.75, 3.05) is 0 Å². The third-order valence-corrected chi connectivity index (χ3v) is 6.40. The molecular weight excluding hydrogens is 402 g/mol. The van der Waals surface area contributed by atoms with E-state index in [0.717, 1.165) is 36.8 Å². The van der Waals surface area contributed by atoms with Gasteiger partial charge in [-0.05, 0) is 41.5 Å². The van der Waals surface area contributed by atoms with Crippen LogP contribution in [0.2, 0.25) is 0 Å². The van der Waals surface area contributed by atoms with E-state index in [4.69, 9.17) is 0 Å². The van der Waals surface area contributed by atoms with Crippen LogP contribution in [0.5, 0.6) is 0 Å². The summed E-state index contributed by atoms with van der Waals surface area (Å²) in [6.45, 7) is 2.20. The predicted octanol–water partition coefficient (Wildman–Crippen LogP) is 5.55. The summed E-state index contributed by atoms with van der Waals surface area (Å²) in [5.74, 6) is 0.766. The second-order valence-corrected chi connectivity index (χ2v) is 8.71. The molecule has 0 radical (unpaired) electrons. The summed E-state index contributed by atoms with van der Waals surface area (Å²) in [6.07, 6.45) is 7.11. The highest BCUT2D eigenvalue weighted by molar-refractivity contribution is 5.96. The van der Waals surface area contributed by atoms with Gasteiger partial charge in [0.2, 0.25) is 11.6 Å². The molecule has 2 aromatic carbocycles. The van der Waals surface area contributed by atoms with E-state index >= 15 is 0 Å². The highest BCUT2D eigenvalue weighted by atomic mass is 16.4. The van der Waals surface area contributed by atoms with Crippen molar-refractivity contribution in [1.82, 2.24) is 15.2 Å². The number of benzene rings is 2. The Morgan fingerprint density at radius 3 is 2.62 bits per heavy atom. The number of nitrogens with one attached hydrogen (secondary N) is 1. The summed E-state index contributed by atoms with van der Waals surface area (Å²) < 4.78 is 0. The number of rotatable bonds is 8. The second kappa shape index (κ2) is 9.90. The van der Waals surface area contributed by atoms with Gasteiger partial charge in [-0.1, -0.05) is 75.1 Å². The molecule has 3 aromatic rings. The van der Waals surface area contributed by atoms with Gasteiger partial charge in [-0.2, -0.15) is 5.10 Å². The number of aromatic nitrogens is 3. The van der Waals surface area contributed by atoms with Crippen LogP contribution in [0.3, 0.4) is 0 Å². The lowest BCUT2D eigenvalue weighted by Crippen LogP contribution is -2.24. The van der Waals surface area contributed by atoms with Gasteiger partial charge in [-0.15, -0.1) is 0 Å². The Hall–Kier alpha value is -3.28. The third-order valence-electron chi connectivity index (χ3n) is 6.40. The predicted molar refractivity (Wildman–Crippen MR) is 123 cm³/mol. The van der Waals surface area contributed by atoms with Crippen LogP contribution >= 0.6 is 0 Å². The SMILES string of the molecule is CCCC1CCCC(C(=O)c2n[nH]c(Cc3ccc(-c4ccccc4C(=O)O)cc3)n2)C1. The first-order valence-electron chi connectivity index (χ1n) is 11.4. The fourth-order valence-electron chi connectivity index (χ4n) is 4.78. The molecule has 6 heteroatoms. The van der Waals surface area contributed by atoms with Crippen LogP contribution in [0.25, 0.3) is 11.1 Å². The Morgan fingerprint density at radius 1 is 1.09 bits per heavy atom. The van der Waals surface area contributed by atoms with Crippen molar-refractivity contribution in [1.29, 1.82) is 0 Å². The zero-order chi connectivity index (χ0) is 22.5. The smallest absolute Gasteiger partial charge is 0.336 e. The molecule has 1 aliphatic carbocycles. The number of carboxylic acids is 1. The van der Waals surface area contributed by atoms with Gasteiger partial charge in [0.25, 0.3) is 0 Å². The molecule has 6 nitrogen and oxygen atoms in total. The molecule has 1 fully saturated rings. The summed E-state index contributed by atoms with van der Waals surface area (Å²) >= 11 is 0. The number of carboxylic acid groups (broad SMARTS) is 1. The Bertz CT molecular complexity index is 1090. The number of hydrogen-bond donors (Lipinski definition) is 2. The molecule has 0 bridgehead atoms. The van der Waals surface area contributed by atoms with Crippen LogP contribution in [-0.2, 0) is 6.42 Å². The number of carbonyl (C=O) groups excluding carboxylic acids is 1. The van der Waals surface area contributed by atoms with Crippen molar-refractivity contribution < 1.29 is 14.7 Å². The van der Waals surface area contributed by atoms with Gasteiger partial charge in [0.1, 0.15) is 5.82 Å². The number of nitrogens with zero attached hydrogens (tertiary/aromatic N) is 2. The van der Waals surface area contributed by atoms with Crippen molar-refractivity contribution >= 4 is 11.8 Å². The highest BCUT2D eigenvalue weighted by Crippen LogP contribution is 2.33. The van der Waals surface area contributed by atoms with Crippen molar-refractivity contribution in [3.8, 4) is 11.1 Å². The van der Waals surface area contributed by atoms with E-state index in [1.165, 1.54) is 12.8 Å². The normalized spacial score (nSPS) is 18.4. The maximum absolute atomic E-state index is 12.9. The maximum atomic E-state index is 12.9. The van der Waals surface area contributed by atoms with Crippen molar-refractivity contribution in [2.24, 2.45) is 11.8 Å². The molecule has 4 rings (SSSR count). The largest absolute Gasteiger partial charge is 0.478 e. The average molecular weight is 432 g/mol. The summed E-state index contributed by atoms with van der Waals surface area (Å²) in [4.78, 5) is 28.9. The van der Waals surface area contributed by atoms with Gasteiger partial charge < -0.3 is 5.11 Å². The lowest BCUT2D eigenvalue weighted by Gasteiger charge is -2.27. The first-order valence-corrected chi connectivity index (χ1v) is 11.4. The molecule has 0 aliphatic heterocycles. The molecule has 166 valence electrons. The Kier molecular flexibility index (Phi) is 6.78. The third kappa shape index (κ3) is 4.96. The zero-order valence-electron chi connectivity index (χ0n) is 18.4. The van der Waals surface area contributed by atoms with E-state index in [-0.39, 0.29) is 17.3 Å². The van der Waals surface area contributed by atoms with E-state index in [2.05, 4.69) is 22.1 Å². The van der Waals surface area contributed by atoms with Crippen LogP contribution in [-0.4, -0.2) is 32.0 Å². The summed E-state index contributed by atoms with van der Waals surface area (Å²) in [6, 6.07) is 14.7. The monoisotopic (exact) mass is 431 g/mol. The topological polar surface area (TPSA) is 95.9 Å². The maximum Gasteiger partial charge on any atom is 0.336 e. The molecule has 1 saturated carbocycles. The van der Waals surface area contributed by atoms with Gasteiger partial charge in [0.15, 0.2) is 0 Å². The molecule has 2 unspecified atom stereocenters. The average Bonchev–Trinajstić information content (AvgIpc) is 3.28. The van der Waals surface area contributed by atoms with E-state index in [0.29, 0.717) is 29.6 Å². The van der Waals surface area contributed by atoms with Crippen molar-refractivity contribution in [3.63, 3.8) is 0 Å². The molecule has 32 heavy (non-hydrogen) atoms. The molecule has 1 aliphatic rings. The van der Waals surface area contributed by atoms with Crippen LogP contribution in [0.4, 0.5) is 0 Å². The highest BCUT2D eigenvalue weighted by Gasteiger charge is 2.29. The van der Waals surface area contributed by atoms with Crippen LogP contribution in [0, 0.1) is 11.8 Å². The minimum absolute atomic E-state index is 0.0394. The van der Waals surface area contributed by atoms with Gasteiger partial charge in [-0.3, -0.25) is 9.89 Å². The van der Waals surface area contributed by atoms with E-state index < -0.39 is 5.97 Å². The van der Waals surface area contributed by atoms with E-state index in [9.17, 15) is 14.7 Å². The Labute approximate surface area is 188 Å². The van der Waals surface area contributed by atoms with E-state index in [1.807, 2.05) is 36.4 Å². The van der Waals surface area contributed by atoms with Gasteiger partial charge in [0, 0.05) is 12.3 Å². The van der Waals surface area contributed by atoms with E-state index in [1.54, 1.807) is 12.1 Å². The van der Waals surface area contributed by atoms with Crippen LogP contribution < -0.4 is 0 Å². The lowest BCUT2D eigenvalue weighted by atomic mass is 9.77. The quantitative estimate of drug-likeness (QED) is 0.456. The minimum Gasteiger partial charge on any atom is -0.478 e. The lowest BCUT2D eigenvalue weighted by molar-refractivity contribution is 0.0697. The molecule has 1 heterocycles. The fourth-order valence-corrected chi connectivity index (χ4v) is 4.78. The number of aromatic carboxylic acids is 1. The second-order valence-electron chi connectivity index (χ2n) is 8.71. The Balaban J connectivity index is 1.43. The Morgan fingerprint density at radius 2 is 1.88 bits per heavy atom. The summed E-state index contributed by atoms with van der Waals surface area (Å²) in [5.41, 5.74) is 2.83. The molecular formula is C26H29N3O3. The summed E-state index contributed by atoms with van der Waals surface area (Å²) in [7, 11) is 0.